The normalized spacial score (nSPS) is 10.5. The standard InChI is InChI=1S/C22H20N2O3S/c1-13-7-14(2)21-16(8-13)9-17(11-23)22(24-21)28-12-18(25)15-5-6-19(26-3)20(10-15)27-4/h5-10H,12H2,1-4H3. The predicted molar refractivity (Wildman–Crippen MR) is 111 cm³/mol. The summed E-state index contributed by atoms with van der Waals surface area (Å²) in [6, 6.07) is 13.2. The number of nitriles is 1. The van der Waals surface area contributed by atoms with E-state index in [2.05, 4.69) is 17.1 Å². The van der Waals surface area contributed by atoms with E-state index < -0.39 is 0 Å². The van der Waals surface area contributed by atoms with Crippen LogP contribution in [0.1, 0.15) is 27.0 Å². The summed E-state index contributed by atoms with van der Waals surface area (Å²) in [6.07, 6.45) is 0. The molecule has 0 atom stereocenters. The lowest BCUT2D eigenvalue weighted by Gasteiger charge is -2.10. The van der Waals surface area contributed by atoms with Crippen molar-refractivity contribution in [2.24, 2.45) is 0 Å². The minimum Gasteiger partial charge on any atom is -0.493 e. The average molecular weight is 392 g/mol. The zero-order chi connectivity index (χ0) is 20.3. The second-order valence-electron chi connectivity index (χ2n) is 6.39. The van der Waals surface area contributed by atoms with Crippen molar-refractivity contribution in [1.29, 1.82) is 5.26 Å². The molecule has 3 rings (SSSR count). The first-order valence-corrected chi connectivity index (χ1v) is 9.65. The highest BCUT2D eigenvalue weighted by atomic mass is 32.2. The molecule has 0 saturated carbocycles. The van der Waals surface area contributed by atoms with Crippen molar-refractivity contribution in [1.82, 2.24) is 4.98 Å². The molecule has 5 nitrogen and oxygen atoms in total. The van der Waals surface area contributed by atoms with Gasteiger partial charge in [-0.2, -0.15) is 5.26 Å². The largest absolute Gasteiger partial charge is 0.493 e. The summed E-state index contributed by atoms with van der Waals surface area (Å²) in [6.45, 7) is 4.01. The molecule has 3 aromatic rings. The topological polar surface area (TPSA) is 72.2 Å². The molecule has 0 aliphatic carbocycles. The quantitative estimate of drug-likeness (QED) is 0.447. The van der Waals surface area contributed by atoms with Gasteiger partial charge in [-0.05, 0) is 49.7 Å². The number of methoxy groups -OCH3 is 2. The van der Waals surface area contributed by atoms with Crippen LogP contribution in [0, 0.1) is 25.2 Å². The average Bonchev–Trinajstić information content (AvgIpc) is 2.70. The number of ketones is 1. The van der Waals surface area contributed by atoms with E-state index in [1.807, 2.05) is 26.0 Å². The van der Waals surface area contributed by atoms with Gasteiger partial charge in [0, 0.05) is 10.9 Å². The summed E-state index contributed by atoms with van der Waals surface area (Å²) in [7, 11) is 3.08. The Bertz CT molecular complexity index is 1100. The van der Waals surface area contributed by atoms with Crippen LogP contribution in [0.2, 0.25) is 0 Å². The van der Waals surface area contributed by atoms with E-state index in [1.54, 1.807) is 25.3 Å². The number of nitrogens with zero attached hydrogens (tertiary/aromatic N) is 2. The molecular formula is C22H20N2O3S. The number of carbonyl (C=O) groups is 1. The molecule has 0 aliphatic rings. The molecule has 142 valence electrons. The van der Waals surface area contributed by atoms with Crippen LogP contribution in [0.3, 0.4) is 0 Å². The summed E-state index contributed by atoms with van der Waals surface area (Å²) < 4.78 is 10.5. The first kappa shape index (κ1) is 19.7. The van der Waals surface area contributed by atoms with Crippen molar-refractivity contribution in [3.8, 4) is 17.6 Å². The first-order valence-electron chi connectivity index (χ1n) is 8.67. The summed E-state index contributed by atoms with van der Waals surface area (Å²) >= 11 is 1.27. The summed E-state index contributed by atoms with van der Waals surface area (Å²) in [4.78, 5) is 17.3. The maximum Gasteiger partial charge on any atom is 0.173 e. The predicted octanol–water partition coefficient (Wildman–Crippen LogP) is 4.72. The fourth-order valence-electron chi connectivity index (χ4n) is 3.05. The molecule has 28 heavy (non-hydrogen) atoms. The van der Waals surface area contributed by atoms with E-state index in [1.165, 1.54) is 18.9 Å². The molecule has 0 fully saturated rings. The monoisotopic (exact) mass is 392 g/mol. The van der Waals surface area contributed by atoms with Gasteiger partial charge in [0.15, 0.2) is 17.3 Å². The highest BCUT2D eigenvalue weighted by Crippen LogP contribution is 2.30. The number of carbonyl (C=O) groups excluding carboxylic acids is 1. The van der Waals surface area contributed by atoms with E-state index >= 15 is 0 Å². The summed E-state index contributed by atoms with van der Waals surface area (Å²) in [5.74, 6) is 1.18. The van der Waals surface area contributed by atoms with Crippen LogP contribution >= 0.6 is 11.8 Å². The Balaban J connectivity index is 1.87. The Morgan fingerprint density at radius 2 is 1.86 bits per heavy atom. The highest BCUT2D eigenvalue weighted by molar-refractivity contribution is 8.00. The molecule has 0 amide bonds. The summed E-state index contributed by atoms with van der Waals surface area (Å²) in [5.41, 5.74) is 4.02. The van der Waals surface area contributed by atoms with Gasteiger partial charge < -0.3 is 9.47 Å². The van der Waals surface area contributed by atoms with Crippen LogP contribution in [0.5, 0.6) is 11.5 Å². The van der Waals surface area contributed by atoms with Crippen molar-refractivity contribution < 1.29 is 14.3 Å². The number of pyridine rings is 1. The number of hydrogen-bond donors (Lipinski definition) is 0. The number of aromatic nitrogens is 1. The molecule has 6 heteroatoms. The molecule has 0 unspecified atom stereocenters. The Morgan fingerprint density at radius 3 is 2.54 bits per heavy atom. The molecule has 1 aromatic heterocycles. The zero-order valence-electron chi connectivity index (χ0n) is 16.2. The fourth-order valence-corrected chi connectivity index (χ4v) is 3.90. The number of fused-ring (bicyclic) bond motifs is 1. The van der Waals surface area contributed by atoms with Gasteiger partial charge in [-0.1, -0.05) is 23.4 Å². The van der Waals surface area contributed by atoms with Crippen LogP contribution in [-0.2, 0) is 0 Å². The van der Waals surface area contributed by atoms with Gasteiger partial charge in [-0.25, -0.2) is 4.98 Å². The molecular weight excluding hydrogens is 372 g/mol. The second-order valence-corrected chi connectivity index (χ2v) is 7.35. The lowest BCUT2D eigenvalue weighted by Crippen LogP contribution is -2.04. The maximum atomic E-state index is 12.6. The minimum absolute atomic E-state index is 0.0719. The Morgan fingerprint density at radius 1 is 1.11 bits per heavy atom. The number of ether oxygens (including phenoxy) is 2. The highest BCUT2D eigenvalue weighted by Gasteiger charge is 2.14. The Labute approximate surface area is 168 Å². The van der Waals surface area contributed by atoms with Crippen LogP contribution < -0.4 is 9.47 Å². The fraction of sp³-hybridized carbons (Fsp3) is 0.227. The van der Waals surface area contributed by atoms with Crippen LogP contribution in [0.25, 0.3) is 10.9 Å². The molecule has 0 aliphatic heterocycles. The molecule has 1 heterocycles. The Kier molecular flexibility index (Phi) is 5.86. The minimum atomic E-state index is -0.0719. The third kappa shape index (κ3) is 3.95. The van der Waals surface area contributed by atoms with Gasteiger partial charge in [0.2, 0.25) is 0 Å². The van der Waals surface area contributed by atoms with Crippen LogP contribution in [0.15, 0.2) is 41.4 Å². The third-order valence-electron chi connectivity index (χ3n) is 4.38. The van der Waals surface area contributed by atoms with E-state index in [9.17, 15) is 10.1 Å². The number of Topliss-reactive ketones (excluding diaryl/α,β-unsaturated/α-hetero) is 1. The molecule has 0 spiro atoms. The van der Waals surface area contributed by atoms with E-state index in [-0.39, 0.29) is 11.5 Å². The lowest BCUT2D eigenvalue weighted by atomic mass is 10.1. The third-order valence-corrected chi connectivity index (χ3v) is 5.38. The van der Waals surface area contributed by atoms with Gasteiger partial charge in [-0.15, -0.1) is 0 Å². The molecule has 0 bridgehead atoms. The molecule has 2 aromatic carbocycles. The zero-order valence-corrected chi connectivity index (χ0v) is 17.0. The molecule has 0 radical (unpaired) electrons. The van der Waals surface area contributed by atoms with E-state index in [4.69, 9.17) is 9.47 Å². The van der Waals surface area contributed by atoms with Crippen molar-refractivity contribution in [3.63, 3.8) is 0 Å². The molecule has 0 N–H and O–H groups in total. The first-order chi connectivity index (χ1) is 13.5. The Hall–Kier alpha value is -3.04. The number of aryl methyl sites for hydroxylation is 2. The second kappa shape index (κ2) is 8.32. The van der Waals surface area contributed by atoms with E-state index in [0.717, 1.165) is 22.0 Å². The van der Waals surface area contributed by atoms with Gasteiger partial charge in [0.05, 0.1) is 31.1 Å². The smallest absolute Gasteiger partial charge is 0.173 e. The number of benzene rings is 2. The summed E-state index contributed by atoms with van der Waals surface area (Å²) in [5, 5.41) is 11.0. The maximum absolute atomic E-state index is 12.6. The number of thioether (sulfide) groups is 1. The van der Waals surface area contributed by atoms with Gasteiger partial charge in [-0.3, -0.25) is 4.79 Å². The van der Waals surface area contributed by atoms with Gasteiger partial charge in [0.25, 0.3) is 0 Å². The SMILES string of the molecule is COc1ccc(C(=O)CSc2nc3c(C)cc(C)cc3cc2C#N)cc1OC. The van der Waals surface area contributed by atoms with Crippen molar-refractivity contribution >= 4 is 28.4 Å². The van der Waals surface area contributed by atoms with Gasteiger partial charge >= 0.3 is 0 Å². The number of rotatable bonds is 6. The van der Waals surface area contributed by atoms with Crippen LogP contribution in [-0.4, -0.2) is 30.7 Å². The van der Waals surface area contributed by atoms with Crippen LogP contribution in [0.4, 0.5) is 0 Å². The van der Waals surface area contributed by atoms with Crippen molar-refractivity contribution in [3.05, 3.63) is 58.7 Å². The van der Waals surface area contributed by atoms with E-state index in [0.29, 0.717) is 27.7 Å². The number of hydrogen-bond acceptors (Lipinski definition) is 6. The van der Waals surface area contributed by atoms with Crippen molar-refractivity contribution in [2.45, 2.75) is 18.9 Å². The van der Waals surface area contributed by atoms with Gasteiger partial charge in [0.1, 0.15) is 11.1 Å². The molecule has 0 saturated heterocycles. The lowest BCUT2D eigenvalue weighted by molar-refractivity contribution is 0.102. The van der Waals surface area contributed by atoms with Crippen molar-refractivity contribution in [2.75, 3.05) is 20.0 Å².